The van der Waals surface area contributed by atoms with E-state index in [1.165, 1.54) is 6.08 Å². The van der Waals surface area contributed by atoms with Gasteiger partial charge in [-0.25, -0.2) is 0 Å². The van der Waals surface area contributed by atoms with Crippen LogP contribution < -0.4 is 0 Å². The van der Waals surface area contributed by atoms with E-state index in [0.717, 1.165) is 10.0 Å². The number of halogens is 1. The molecule has 0 amide bonds. The van der Waals surface area contributed by atoms with Crippen LogP contribution in [0, 0.1) is 5.41 Å². The summed E-state index contributed by atoms with van der Waals surface area (Å²) in [6.07, 6.45) is 4.26. The Kier molecular flexibility index (Phi) is 4.12. The summed E-state index contributed by atoms with van der Waals surface area (Å²) in [7, 11) is 0. The summed E-state index contributed by atoms with van der Waals surface area (Å²) < 4.78 is 1.00. The maximum atomic E-state index is 11.8. The predicted octanol–water partition coefficient (Wildman–Crippen LogP) is 3.00. The molecule has 0 radical (unpaired) electrons. The Morgan fingerprint density at radius 3 is 2.73 bits per heavy atom. The lowest BCUT2D eigenvalue weighted by molar-refractivity contribution is -0.112. The maximum absolute atomic E-state index is 11.8. The summed E-state index contributed by atoms with van der Waals surface area (Å²) in [5.74, 6) is -0.0535. The number of rotatable bonds is 2. The molecule has 1 atom stereocenters. The molecule has 0 bridgehead atoms. The highest BCUT2D eigenvalue weighted by Crippen LogP contribution is 2.44. The van der Waals surface area contributed by atoms with Crippen LogP contribution in [0.2, 0.25) is 0 Å². The first-order valence-electron chi connectivity index (χ1n) is 5.15. The molecule has 1 aliphatic carbocycles. The van der Waals surface area contributed by atoms with Gasteiger partial charge in [0.25, 0.3) is 0 Å². The molecule has 0 aromatic rings. The highest BCUT2D eigenvalue weighted by Gasteiger charge is 2.35. The van der Waals surface area contributed by atoms with Crippen molar-refractivity contribution in [3.63, 3.8) is 0 Å². The van der Waals surface area contributed by atoms with Crippen LogP contribution in [0.3, 0.4) is 0 Å². The zero-order valence-electron chi connectivity index (χ0n) is 9.38. The Bertz CT molecular complexity index is 327. The van der Waals surface area contributed by atoms with Gasteiger partial charge in [0.2, 0.25) is 0 Å². The van der Waals surface area contributed by atoms with Gasteiger partial charge in [0.05, 0.1) is 6.10 Å². The molecule has 2 nitrogen and oxygen atoms in total. The van der Waals surface area contributed by atoms with E-state index in [9.17, 15) is 9.90 Å². The molecule has 0 aromatic heterocycles. The van der Waals surface area contributed by atoms with Gasteiger partial charge in [-0.1, -0.05) is 19.9 Å². The fraction of sp³-hybridized carbons (Fsp3) is 0.583. The summed E-state index contributed by atoms with van der Waals surface area (Å²) in [6.45, 7) is 6.04. The number of carbonyl (C=O) groups excluding carboxylic acids is 1. The van der Waals surface area contributed by atoms with Crippen molar-refractivity contribution in [1.29, 1.82) is 0 Å². The van der Waals surface area contributed by atoms with Crippen molar-refractivity contribution in [3.05, 3.63) is 21.3 Å². The highest BCUT2D eigenvalue weighted by atomic mass is 127. The van der Waals surface area contributed by atoms with E-state index >= 15 is 0 Å². The summed E-state index contributed by atoms with van der Waals surface area (Å²) in [5.41, 5.74) is 0.608. The number of aliphatic hydroxyl groups is 1. The number of hydrogen-bond donors (Lipinski definition) is 1. The fourth-order valence-corrected chi connectivity index (χ4v) is 2.67. The predicted molar refractivity (Wildman–Crippen MR) is 69.9 cm³/mol. The minimum Gasteiger partial charge on any atom is -0.388 e. The molecule has 1 N–H and O–H groups in total. The molecular formula is C12H17IO2. The Morgan fingerprint density at radius 2 is 2.20 bits per heavy atom. The number of carbonyl (C=O) groups is 1. The minimum absolute atomic E-state index is 0.0202. The Morgan fingerprint density at radius 1 is 1.60 bits per heavy atom. The second kappa shape index (κ2) is 4.78. The lowest BCUT2D eigenvalue weighted by atomic mass is 9.77. The van der Waals surface area contributed by atoms with E-state index < -0.39 is 6.10 Å². The van der Waals surface area contributed by atoms with Crippen LogP contribution in [-0.2, 0) is 4.79 Å². The topological polar surface area (TPSA) is 37.3 Å². The van der Waals surface area contributed by atoms with Gasteiger partial charge in [-0.15, -0.1) is 0 Å². The van der Waals surface area contributed by atoms with Gasteiger partial charge < -0.3 is 5.11 Å². The lowest BCUT2D eigenvalue weighted by Crippen LogP contribution is -2.29. The first kappa shape index (κ1) is 12.9. The fourth-order valence-electron chi connectivity index (χ4n) is 1.78. The molecule has 15 heavy (non-hydrogen) atoms. The number of allylic oxidation sites excluding steroid dienone is 3. The molecule has 84 valence electrons. The van der Waals surface area contributed by atoms with Crippen LogP contribution in [0.5, 0.6) is 0 Å². The van der Waals surface area contributed by atoms with Crippen molar-refractivity contribution in [2.75, 3.05) is 0 Å². The van der Waals surface area contributed by atoms with Crippen molar-refractivity contribution < 1.29 is 9.90 Å². The molecule has 1 rings (SSSR count). The van der Waals surface area contributed by atoms with Crippen molar-refractivity contribution in [2.24, 2.45) is 5.41 Å². The summed E-state index contributed by atoms with van der Waals surface area (Å²) in [6, 6.07) is 0. The van der Waals surface area contributed by atoms with Crippen LogP contribution in [0.4, 0.5) is 0 Å². The van der Waals surface area contributed by atoms with Gasteiger partial charge in [0.1, 0.15) is 0 Å². The monoisotopic (exact) mass is 320 g/mol. The van der Waals surface area contributed by atoms with Gasteiger partial charge in [-0.05, 0) is 53.8 Å². The highest BCUT2D eigenvalue weighted by molar-refractivity contribution is 14.1. The zero-order valence-corrected chi connectivity index (χ0v) is 11.5. The third kappa shape index (κ3) is 2.69. The molecule has 0 saturated heterocycles. The number of ketones is 1. The molecule has 0 aromatic carbocycles. The van der Waals surface area contributed by atoms with Crippen LogP contribution in [-0.4, -0.2) is 17.0 Å². The van der Waals surface area contributed by atoms with Gasteiger partial charge in [-0.2, -0.15) is 0 Å². The van der Waals surface area contributed by atoms with Crippen LogP contribution in [0.1, 0.15) is 33.6 Å². The standard InChI is InChI=1S/C12H17IO2/c1-4-5-8(14)10-9(15)6-7-12(2,3)11(10)13/h4-5,9,15H,6-7H2,1-3H3/b5-4+. The molecule has 1 aliphatic rings. The molecule has 0 aliphatic heterocycles. The van der Waals surface area contributed by atoms with Gasteiger partial charge in [-0.3, -0.25) is 4.79 Å². The number of aliphatic hydroxyl groups excluding tert-OH is 1. The molecule has 3 heteroatoms. The summed E-state index contributed by atoms with van der Waals surface area (Å²) in [5, 5.41) is 9.85. The molecular weight excluding hydrogens is 303 g/mol. The van der Waals surface area contributed by atoms with Gasteiger partial charge >= 0.3 is 0 Å². The molecule has 0 spiro atoms. The van der Waals surface area contributed by atoms with Crippen LogP contribution >= 0.6 is 22.6 Å². The molecule has 0 fully saturated rings. The van der Waals surface area contributed by atoms with E-state index in [1.54, 1.807) is 6.08 Å². The second-order valence-electron chi connectivity index (χ2n) is 4.53. The smallest absolute Gasteiger partial charge is 0.184 e. The molecule has 0 heterocycles. The quantitative estimate of drug-likeness (QED) is 0.627. The maximum Gasteiger partial charge on any atom is 0.184 e. The van der Waals surface area contributed by atoms with Crippen molar-refractivity contribution in [2.45, 2.75) is 39.7 Å². The van der Waals surface area contributed by atoms with Gasteiger partial charge in [0, 0.05) is 9.15 Å². The second-order valence-corrected chi connectivity index (χ2v) is 5.61. The third-order valence-electron chi connectivity index (χ3n) is 2.79. The van der Waals surface area contributed by atoms with E-state index in [0.29, 0.717) is 12.0 Å². The Labute approximate surface area is 105 Å². The van der Waals surface area contributed by atoms with E-state index in [2.05, 4.69) is 36.4 Å². The summed E-state index contributed by atoms with van der Waals surface area (Å²) in [4.78, 5) is 11.8. The van der Waals surface area contributed by atoms with Crippen molar-refractivity contribution in [1.82, 2.24) is 0 Å². The zero-order chi connectivity index (χ0) is 11.6. The van der Waals surface area contributed by atoms with Crippen molar-refractivity contribution in [3.8, 4) is 0 Å². The van der Waals surface area contributed by atoms with E-state index in [-0.39, 0.29) is 11.2 Å². The van der Waals surface area contributed by atoms with Crippen molar-refractivity contribution >= 4 is 28.4 Å². The van der Waals surface area contributed by atoms with Gasteiger partial charge in [0.15, 0.2) is 5.78 Å². The largest absolute Gasteiger partial charge is 0.388 e. The molecule has 1 unspecified atom stereocenters. The average Bonchev–Trinajstić information content (AvgIpc) is 2.14. The SMILES string of the molecule is C/C=C/C(=O)C1=C(I)C(C)(C)CCC1O. The third-order valence-corrected chi connectivity index (χ3v) is 4.83. The Balaban J connectivity index is 3.15. The number of hydrogen-bond acceptors (Lipinski definition) is 2. The van der Waals surface area contributed by atoms with E-state index in [1.807, 2.05) is 6.92 Å². The minimum atomic E-state index is -0.589. The Hall–Kier alpha value is -0.160. The lowest BCUT2D eigenvalue weighted by Gasteiger charge is -2.33. The first-order valence-corrected chi connectivity index (χ1v) is 6.23. The first-order chi connectivity index (χ1) is 6.90. The summed E-state index contributed by atoms with van der Waals surface area (Å²) >= 11 is 2.20. The van der Waals surface area contributed by atoms with Crippen LogP contribution in [0.25, 0.3) is 0 Å². The van der Waals surface area contributed by atoms with Crippen LogP contribution in [0.15, 0.2) is 21.3 Å². The van der Waals surface area contributed by atoms with E-state index in [4.69, 9.17) is 0 Å². The average molecular weight is 320 g/mol. The normalized spacial score (nSPS) is 26.1. The molecule has 0 saturated carbocycles.